The summed E-state index contributed by atoms with van der Waals surface area (Å²) < 4.78 is 39.3. The van der Waals surface area contributed by atoms with Crippen LogP contribution in [-0.4, -0.2) is 32.0 Å². The first kappa shape index (κ1) is 19.7. The Labute approximate surface area is 170 Å². The molecule has 154 valence electrons. The summed E-state index contributed by atoms with van der Waals surface area (Å²) in [6.07, 6.45) is 1.45. The van der Waals surface area contributed by atoms with E-state index in [9.17, 15) is 13.6 Å². The normalized spacial score (nSPS) is 19.8. The molecule has 1 saturated heterocycles. The number of nitrogens with zero attached hydrogens (tertiary/aromatic N) is 4. The van der Waals surface area contributed by atoms with Gasteiger partial charge in [-0.05, 0) is 38.1 Å². The fourth-order valence-corrected chi connectivity index (χ4v) is 3.16. The SMILES string of the molecule is C/C=C\C(=C1\OC(F)(F)OC1C)n1ccc(=O)c(-c2ccnn2-c2ccccc2)n1. The smallest absolute Gasteiger partial charge is 0.409 e. The van der Waals surface area contributed by atoms with Crippen molar-refractivity contribution >= 4 is 5.70 Å². The Kier molecular flexibility index (Phi) is 5.04. The van der Waals surface area contributed by atoms with Gasteiger partial charge in [-0.25, -0.2) is 9.36 Å². The highest BCUT2D eigenvalue weighted by molar-refractivity contribution is 5.62. The highest BCUT2D eigenvalue weighted by Crippen LogP contribution is 2.36. The summed E-state index contributed by atoms with van der Waals surface area (Å²) in [4.78, 5) is 12.6. The molecule has 9 heteroatoms. The highest BCUT2D eigenvalue weighted by atomic mass is 19.3. The number of allylic oxidation sites excluding steroid dienone is 3. The Balaban J connectivity index is 1.86. The quantitative estimate of drug-likeness (QED) is 0.651. The van der Waals surface area contributed by atoms with E-state index < -0.39 is 12.4 Å². The largest absolute Gasteiger partial charge is 0.535 e. The minimum Gasteiger partial charge on any atom is -0.409 e. The van der Waals surface area contributed by atoms with Gasteiger partial charge in [0.1, 0.15) is 11.8 Å². The fourth-order valence-electron chi connectivity index (χ4n) is 3.16. The molecule has 1 aliphatic heterocycles. The first-order valence-corrected chi connectivity index (χ1v) is 9.21. The molecule has 0 amide bonds. The monoisotopic (exact) mass is 412 g/mol. The number of benzene rings is 1. The van der Waals surface area contributed by atoms with Gasteiger partial charge in [-0.15, -0.1) is 8.78 Å². The molecule has 0 bridgehead atoms. The molecule has 1 unspecified atom stereocenters. The van der Waals surface area contributed by atoms with Crippen molar-refractivity contribution in [2.75, 3.05) is 0 Å². The molecule has 2 aromatic heterocycles. The summed E-state index contributed by atoms with van der Waals surface area (Å²) >= 11 is 0. The summed E-state index contributed by atoms with van der Waals surface area (Å²) in [6.45, 7) is 3.18. The molecule has 7 nitrogen and oxygen atoms in total. The van der Waals surface area contributed by atoms with Crippen LogP contribution in [0.1, 0.15) is 13.8 Å². The van der Waals surface area contributed by atoms with Crippen LogP contribution in [0.15, 0.2) is 77.6 Å². The number of hydrogen-bond donors (Lipinski definition) is 0. The van der Waals surface area contributed by atoms with Crippen molar-refractivity contribution in [3.63, 3.8) is 0 Å². The van der Waals surface area contributed by atoms with Gasteiger partial charge >= 0.3 is 6.29 Å². The van der Waals surface area contributed by atoms with Crippen molar-refractivity contribution in [1.82, 2.24) is 19.6 Å². The van der Waals surface area contributed by atoms with Crippen molar-refractivity contribution in [3.8, 4) is 17.1 Å². The van der Waals surface area contributed by atoms with E-state index in [1.807, 2.05) is 30.3 Å². The molecule has 3 aromatic rings. The van der Waals surface area contributed by atoms with E-state index in [-0.39, 0.29) is 22.6 Å². The third-order valence-electron chi connectivity index (χ3n) is 4.43. The summed E-state index contributed by atoms with van der Waals surface area (Å²) in [7, 11) is 0. The predicted molar refractivity (Wildman–Crippen MR) is 106 cm³/mol. The van der Waals surface area contributed by atoms with Crippen molar-refractivity contribution in [3.05, 3.63) is 83.0 Å². The molecule has 3 heterocycles. The van der Waals surface area contributed by atoms with Gasteiger partial charge in [-0.1, -0.05) is 24.3 Å². The van der Waals surface area contributed by atoms with Crippen LogP contribution in [0.2, 0.25) is 0 Å². The average molecular weight is 412 g/mol. The lowest BCUT2D eigenvalue weighted by Gasteiger charge is -2.13. The highest BCUT2D eigenvalue weighted by Gasteiger charge is 2.47. The third-order valence-corrected chi connectivity index (χ3v) is 4.43. The van der Waals surface area contributed by atoms with Crippen molar-refractivity contribution in [2.24, 2.45) is 0 Å². The van der Waals surface area contributed by atoms with Gasteiger partial charge in [0.05, 0.1) is 17.6 Å². The second-order valence-corrected chi connectivity index (χ2v) is 6.51. The molecule has 0 spiro atoms. The molecular formula is C21H18F2N4O3. The molecule has 0 radical (unpaired) electrons. The van der Waals surface area contributed by atoms with Crippen LogP contribution in [0.3, 0.4) is 0 Å². The molecular weight excluding hydrogens is 394 g/mol. The summed E-state index contributed by atoms with van der Waals surface area (Å²) in [5.74, 6) is -0.0863. The summed E-state index contributed by atoms with van der Waals surface area (Å²) in [6, 6.07) is 12.2. The molecule has 1 aromatic carbocycles. The van der Waals surface area contributed by atoms with Crippen molar-refractivity contribution < 1.29 is 18.3 Å². The third kappa shape index (κ3) is 3.67. The second kappa shape index (κ2) is 7.68. The Morgan fingerprint density at radius 1 is 1.20 bits per heavy atom. The second-order valence-electron chi connectivity index (χ2n) is 6.51. The Morgan fingerprint density at radius 2 is 1.97 bits per heavy atom. The lowest BCUT2D eigenvalue weighted by molar-refractivity contribution is -0.340. The number of aromatic nitrogens is 4. The zero-order valence-corrected chi connectivity index (χ0v) is 16.2. The molecule has 1 aliphatic rings. The van der Waals surface area contributed by atoms with Crippen molar-refractivity contribution in [2.45, 2.75) is 26.2 Å². The number of halogens is 2. The van der Waals surface area contributed by atoms with Gasteiger partial charge in [-0.2, -0.15) is 10.2 Å². The van der Waals surface area contributed by atoms with E-state index in [1.165, 1.54) is 23.9 Å². The van der Waals surface area contributed by atoms with Crippen LogP contribution in [0.4, 0.5) is 8.78 Å². The average Bonchev–Trinajstić information content (AvgIpc) is 3.31. The molecule has 30 heavy (non-hydrogen) atoms. The predicted octanol–water partition coefficient (Wildman–Crippen LogP) is 3.83. The number of ether oxygens (including phenoxy) is 2. The van der Waals surface area contributed by atoms with Crippen LogP contribution >= 0.6 is 0 Å². The number of rotatable bonds is 4. The molecule has 0 saturated carbocycles. The van der Waals surface area contributed by atoms with E-state index in [0.29, 0.717) is 5.69 Å². The topological polar surface area (TPSA) is 71.2 Å². The number of hydrogen-bond acceptors (Lipinski definition) is 5. The fraction of sp³-hybridized carbons (Fsp3) is 0.190. The van der Waals surface area contributed by atoms with E-state index in [1.54, 1.807) is 36.0 Å². The maximum absolute atomic E-state index is 13.6. The Bertz CT molecular complexity index is 1180. The maximum atomic E-state index is 13.6. The van der Waals surface area contributed by atoms with Gasteiger partial charge in [0.25, 0.3) is 0 Å². The molecule has 0 aliphatic carbocycles. The van der Waals surface area contributed by atoms with Crippen LogP contribution < -0.4 is 5.43 Å². The van der Waals surface area contributed by atoms with E-state index >= 15 is 0 Å². The molecule has 0 N–H and O–H groups in total. The maximum Gasteiger partial charge on any atom is 0.535 e. The molecule has 1 atom stereocenters. The molecule has 1 fully saturated rings. The Morgan fingerprint density at radius 3 is 2.63 bits per heavy atom. The zero-order chi connectivity index (χ0) is 21.3. The first-order valence-electron chi connectivity index (χ1n) is 9.21. The van der Waals surface area contributed by atoms with Crippen LogP contribution in [0, 0.1) is 0 Å². The zero-order valence-electron chi connectivity index (χ0n) is 16.2. The summed E-state index contributed by atoms with van der Waals surface area (Å²) in [5, 5.41) is 8.68. The van der Waals surface area contributed by atoms with Gasteiger partial charge < -0.3 is 4.74 Å². The minimum absolute atomic E-state index is 0.0863. The minimum atomic E-state index is -3.73. The number of alkyl halides is 2. The van der Waals surface area contributed by atoms with Crippen LogP contribution in [0.25, 0.3) is 22.8 Å². The summed E-state index contributed by atoms with van der Waals surface area (Å²) in [5.41, 5.74) is 1.22. The first-order chi connectivity index (χ1) is 14.4. The van der Waals surface area contributed by atoms with Gasteiger partial charge in [0.15, 0.2) is 11.5 Å². The van der Waals surface area contributed by atoms with Gasteiger partial charge in [-0.3, -0.25) is 9.53 Å². The van der Waals surface area contributed by atoms with Crippen LogP contribution in [-0.2, 0) is 9.47 Å². The molecule has 4 rings (SSSR count). The van der Waals surface area contributed by atoms with Gasteiger partial charge in [0.2, 0.25) is 5.43 Å². The van der Waals surface area contributed by atoms with E-state index in [2.05, 4.69) is 14.9 Å². The Hall–Kier alpha value is -3.59. The van der Waals surface area contributed by atoms with E-state index in [4.69, 9.17) is 4.74 Å². The van der Waals surface area contributed by atoms with Gasteiger partial charge in [0, 0.05) is 12.3 Å². The van der Waals surface area contributed by atoms with E-state index in [0.717, 1.165) is 5.69 Å². The number of para-hydroxylation sites is 1. The lowest BCUT2D eigenvalue weighted by Crippen LogP contribution is -2.17. The van der Waals surface area contributed by atoms with Crippen LogP contribution in [0.5, 0.6) is 0 Å². The van der Waals surface area contributed by atoms with Crippen molar-refractivity contribution in [1.29, 1.82) is 0 Å². The standard InChI is InChI=1S/C21H18F2N4O3/c1-3-7-17(20-14(2)29-21(22,23)30-20)26-13-11-18(28)19(25-26)16-10-12-24-27(16)15-8-5-4-6-9-15/h3-14H,1-2H3/b7-3-,20-17-. The lowest BCUT2D eigenvalue weighted by atomic mass is 10.2.